The average Bonchev–Trinajstić information content (AvgIpc) is 2.23. The lowest BCUT2D eigenvalue weighted by Gasteiger charge is -2.22. The van der Waals surface area contributed by atoms with E-state index in [9.17, 15) is 4.79 Å². The normalized spacial score (nSPS) is 15.4. The third-order valence-corrected chi connectivity index (χ3v) is 2.15. The Morgan fingerprint density at radius 3 is 2.47 bits per heavy atom. The van der Waals surface area contributed by atoms with E-state index in [0.717, 1.165) is 0 Å². The Hall–Kier alpha value is -0.980. The number of aliphatic carboxylic acids is 1. The van der Waals surface area contributed by atoms with Gasteiger partial charge >= 0.3 is 5.97 Å². The van der Waals surface area contributed by atoms with Gasteiger partial charge in [-0.2, -0.15) is 0 Å². The number of carbonyl (C=O) groups is 1. The Morgan fingerprint density at radius 1 is 1.40 bits per heavy atom. The summed E-state index contributed by atoms with van der Waals surface area (Å²) in [6, 6.07) is 0. The number of nitrogens with two attached hydrogens (primary N) is 2. The molecule has 6 heteroatoms. The molecule has 0 aliphatic heterocycles. The number of aliphatic imine (C=N–C) groups is 1. The predicted molar refractivity (Wildman–Crippen MR) is 57.9 cm³/mol. The Labute approximate surface area is 89.0 Å². The molecule has 0 heterocycles. The topological polar surface area (TPSA) is 122 Å². The number of aliphatic hydroxyl groups is 1. The van der Waals surface area contributed by atoms with Gasteiger partial charge in [-0.15, -0.1) is 0 Å². The van der Waals surface area contributed by atoms with E-state index in [1.54, 1.807) is 0 Å². The summed E-state index contributed by atoms with van der Waals surface area (Å²) >= 11 is 0. The van der Waals surface area contributed by atoms with Crippen LogP contribution in [-0.2, 0) is 4.79 Å². The van der Waals surface area contributed by atoms with Gasteiger partial charge in [0.25, 0.3) is 0 Å². The molecule has 6 N–H and O–H groups in total. The van der Waals surface area contributed by atoms with Gasteiger partial charge in [0, 0.05) is 12.8 Å². The monoisotopic (exact) mass is 217 g/mol. The molecule has 6 nitrogen and oxygen atoms in total. The van der Waals surface area contributed by atoms with Gasteiger partial charge in [-0.3, -0.25) is 4.99 Å². The highest BCUT2D eigenvalue weighted by Crippen LogP contribution is 2.19. The summed E-state index contributed by atoms with van der Waals surface area (Å²) in [7, 11) is 0. The van der Waals surface area contributed by atoms with Crippen LogP contribution < -0.4 is 11.5 Å². The lowest BCUT2D eigenvalue weighted by molar-refractivity contribution is -0.145. The van der Waals surface area contributed by atoms with Crippen molar-refractivity contribution >= 4 is 12.2 Å². The van der Waals surface area contributed by atoms with Crippen molar-refractivity contribution < 1.29 is 15.0 Å². The van der Waals surface area contributed by atoms with Crippen molar-refractivity contribution in [3.05, 3.63) is 0 Å². The molecular weight excluding hydrogens is 198 g/mol. The van der Waals surface area contributed by atoms with Crippen molar-refractivity contribution in [2.75, 3.05) is 19.7 Å². The van der Waals surface area contributed by atoms with Crippen molar-refractivity contribution in [3.63, 3.8) is 0 Å². The van der Waals surface area contributed by atoms with Crippen LogP contribution in [0.4, 0.5) is 0 Å². The number of nitrogens with zero attached hydrogens (tertiary/aromatic N) is 1. The predicted octanol–water partition coefficient (Wildman–Crippen LogP) is -1.04. The van der Waals surface area contributed by atoms with Crippen molar-refractivity contribution in [1.82, 2.24) is 0 Å². The zero-order valence-electron chi connectivity index (χ0n) is 8.72. The van der Waals surface area contributed by atoms with Crippen LogP contribution in [0.1, 0.15) is 19.3 Å². The standard InChI is InChI=1S/C9H19N3O3/c10-4-2-1-3-9(7-13,8(14)15)12-6-5-11/h6,13H,1-5,7,10-11H2,(H,14,15)/t9-/m1/s1. The Balaban J connectivity index is 4.51. The molecule has 0 aromatic carbocycles. The highest BCUT2D eigenvalue weighted by atomic mass is 16.4. The summed E-state index contributed by atoms with van der Waals surface area (Å²) < 4.78 is 0. The molecule has 0 unspecified atom stereocenters. The maximum absolute atomic E-state index is 11.0. The summed E-state index contributed by atoms with van der Waals surface area (Å²) in [5.41, 5.74) is 9.06. The number of aliphatic hydroxyl groups excluding tert-OH is 1. The molecule has 0 aromatic rings. The lowest BCUT2D eigenvalue weighted by Crippen LogP contribution is -2.41. The minimum atomic E-state index is -1.45. The van der Waals surface area contributed by atoms with Crippen molar-refractivity contribution in [2.45, 2.75) is 24.8 Å². The summed E-state index contributed by atoms with van der Waals surface area (Å²) in [6.45, 7) is 0.136. The van der Waals surface area contributed by atoms with Crippen LogP contribution in [-0.4, -0.2) is 47.6 Å². The summed E-state index contributed by atoms with van der Waals surface area (Å²) in [5.74, 6) is -1.13. The molecule has 15 heavy (non-hydrogen) atoms. The van der Waals surface area contributed by atoms with Gasteiger partial charge in [0.2, 0.25) is 0 Å². The van der Waals surface area contributed by atoms with E-state index in [-0.39, 0.29) is 13.0 Å². The number of rotatable bonds is 8. The first-order valence-corrected chi connectivity index (χ1v) is 4.91. The van der Waals surface area contributed by atoms with Crippen LogP contribution in [0.25, 0.3) is 0 Å². The van der Waals surface area contributed by atoms with E-state index >= 15 is 0 Å². The quantitative estimate of drug-likeness (QED) is 0.305. The number of carboxylic acid groups (broad SMARTS) is 1. The van der Waals surface area contributed by atoms with Crippen LogP contribution in [0.3, 0.4) is 0 Å². The second-order valence-electron chi connectivity index (χ2n) is 3.29. The largest absolute Gasteiger partial charge is 0.479 e. The third-order valence-electron chi connectivity index (χ3n) is 2.15. The lowest BCUT2D eigenvalue weighted by atomic mass is 9.94. The van der Waals surface area contributed by atoms with Gasteiger partial charge < -0.3 is 21.7 Å². The minimum absolute atomic E-state index is 0.159. The second-order valence-corrected chi connectivity index (χ2v) is 3.29. The van der Waals surface area contributed by atoms with Crippen LogP contribution in [0.5, 0.6) is 0 Å². The second kappa shape index (κ2) is 7.33. The van der Waals surface area contributed by atoms with Crippen molar-refractivity contribution in [3.8, 4) is 0 Å². The van der Waals surface area contributed by atoms with Crippen molar-refractivity contribution in [1.29, 1.82) is 0 Å². The van der Waals surface area contributed by atoms with E-state index in [1.807, 2.05) is 0 Å². The van der Waals surface area contributed by atoms with Crippen LogP contribution >= 0.6 is 0 Å². The average molecular weight is 217 g/mol. The maximum atomic E-state index is 11.0. The van der Waals surface area contributed by atoms with Gasteiger partial charge in [0.05, 0.1) is 6.61 Å². The van der Waals surface area contributed by atoms with Crippen LogP contribution in [0, 0.1) is 0 Å². The number of unbranched alkanes of at least 4 members (excludes halogenated alkanes) is 1. The van der Waals surface area contributed by atoms with Crippen molar-refractivity contribution in [2.24, 2.45) is 16.5 Å². The fourth-order valence-electron chi connectivity index (χ4n) is 1.20. The van der Waals surface area contributed by atoms with Gasteiger partial charge in [0.1, 0.15) is 0 Å². The molecule has 88 valence electrons. The molecule has 0 aliphatic rings. The molecular formula is C9H19N3O3. The molecule has 0 radical (unpaired) electrons. The SMILES string of the molecule is NCC=N[C@@](CO)(CCCCN)C(=O)O. The molecule has 0 spiro atoms. The Morgan fingerprint density at radius 2 is 2.07 bits per heavy atom. The van der Waals surface area contributed by atoms with Gasteiger partial charge in [-0.1, -0.05) is 0 Å². The van der Waals surface area contributed by atoms with Gasteiger partial charge in [0.15, 0.2) is 5.54 Å². The Kier molecular flexibility index (Phi) is 6.85. The zero-order valence-corrected chi connectivity index (χ0v) is 8.72. The summed E-state index contributed by atoms with van der Waals surface area (Å²) in [4.78, 5) is 14.8. The Bertz CT molecular complexity index is 221. The molecule has 0 aromatic heterocycles. The molecule has 0 saturated carbocycles. The zero-order chi connectivity index (χ0) is 11.7. The summed E-state index contributed by atoms with van der Waals surface area (Å²) in [6.07, 6.45) is 2.91. The highest BCUT2D eigenvalue weighted by Gasteiger charge is 2.36. The number of hydrogen-bond acceptors (Lipinski definition) is 5. The molecule has 0 saturated heterocycles. The fourth-order valence-corrected chi connectivity index (χ4v) is 1.20. The maximum Gasteiger partial charge on any atom is 0.333 e. The van der Waals surface area contributed by atoms with Gasteiger partial charge in [-0.05, 0) is 25.8 Å². The molecule has 0 bridgehead atoms. The van der Waals surface area contributed by atoms with E-state index in [0.29, 0.717) is 19.4 Å². The molecule has 1 atom stereocenters. The molecule has 0 aliphatic carbocycles. The van der Waals surface area contributed by atoms with Crippen LogP contribution in [0.15, 0.2) is 4.99 Å². The first-order valence-electron chi connectivity index (χ1n) is 4.91. The highest BCUT2D eigenvalue weighted by molar-refractivity contribution is 5.81. The van der Waals surface area contributed by atoms with E-state index in [4.69, 9.17) is 21.7 Å². The number of carboxylic acids is 1. The summed E-state index contributed by atoms with van der Waals surface area (Å²) in [5, 5.41) is 18.1. The van der Waals surface area contributed by atoms with E-state index in [1.165, 1.54) is 6.21 Å². The third kappa shape index (κ3) is 4.37. The van der Waals surface area contributed by atoms with Gasteiger partial charge in [-0.25, -0.2) is 4.79 Å². The van der Waals surface area contributed by atoms with Crippen LogP contribution in [0.2, 0.25) is 0 Å². The van der Waals surface area contributed by atoms with E-state index < -0.39 is 18.1 Å². The smallest absolute Gasteiger partial charge is 0.333 e. The fraction of sp³-hybridized carbons (Fsp3) is 0.778. The number of hydrogen-bond donors (Lipinski definition) is 4. The first kappa shape index (κ1) is 14.0. The molecule has 0 rings (SSSR count). The molecule has 0 amide bonds. The van der Waals surface area contributed by atoms with E-state index in [2.05, 4.69) is 4.99 Å². The minimum Gasteiger partial charge on any atom is -0.479 e. The molecule has 0 fully saturated rings. The first-order chi connectivity index (χ1) is 7.13.